The van der Waals surface area contributed by atoms with Crippen molar-refractivity contribution in [2.45, 2.75) is 0 Å². The van der Waals surface area contributed by atoms with Crippen molar-refractivity contribution in [3.05, 3.63) is 16.9 Å². The molecule has 0 N–H and O–H groups in total. The van der Waals surface area contributed by atoms with Crippen molar-refractivity contribution in [3.63, 3.8) is 0 Å². The smallest absolute Gasteiger partial charge is 0.342 e. The molecular formula is C6H7ClN2O2. The third-order valence-corrected chi connectivity index (χ3v) is 1.72. The van der Waals surface area contributed by atoms with Gasteiger partial charge < -0.3 is 4.74 Å². The highest BCUT2D eigenvalue weighted by Crippen LogP contribution is 2.14. The maximum Gasteiger partial charge on any atom is 0.342 e. The van der Waals surface area contributed by atoms with Crippen molar-refractivity contribution < 1.29 is 9.53 Å². The third kappa shape index (κ3) is 1.35. The van der Waals surface area contributed by atoms with Crippen LogP contribution in [0.25, 0.3) is 0 Å². The van der Waals surface area contributed by atoms with E-state index in [4.69, 9.17) is 11.6 Å². The lowest BCUT2D eigenvalue weighted by Crippen LogP contribution is -2.00. The van der Waals surface area contributed by atoms with Crippen LogP contribution in [0.1, 0.15) is 10.4 Å². The Morgan fingerprint density at radius 2 is 2.45 bits per heavy atom. The Hall–Kier alpha value is -1.03. The van der Waals surface area contributed by atoms with E-state index in [0.29, 0.717) is 0 Å². The van der Waals surface area contributed by atoms with E-state index in [9.17, 15) is 4.79 Å². The van der Waals surface area contributed by atoms with Gasteiger partial charge in [-0.15, -0.1) is 0 Å². The number of halogens is 1. The second-order valence-electron chi connectivity index (χ2n) is 1.96. The molecule has 60 valence electrons. The summed E-state index contributed by atoms with van der Waals surface area (Å²) < 4.78 is 5.85. The first-order valence-electron chi connectivity index (χ1n) is 2.92. The highest BCUT2D eigenvalue weighted by molar-refractivity contribution is 6.32. The molecule has 5 heteroatoms. The first kappa shape index (κ1) is 8.07. The fourth-order valence-corrected chi connectivity index (χ4v) is 0.839. The van der Waals surface area contributed by atoms with E-state index in [1.165, 1.54) is 18.0 Å². The number of hydrogen-bond donors (Lipinski definition) is 0. The Labute approximate surface area is 68.7 Å². The molecule has 0 aliphatic rings. The summed E-state index contributed by atoms with van der Waals surface area (Å²) in [7, 11) is 2.94. The van der Waals surface area contributed by atoms with E-state index in [0.717, 1.165) is 0 Å². The minimum Gasteiger partial charge on any atom is -0.465 e. The van der Waals surface area contributed by atoms with Gasteiger partial charge in [0.05, 0.1) is 13.3 Å². The SMILES string of the molecule is COC(=O)c1cnn(C)c1Cl. The Morgan fingerprint density at radius 3 is 2.82 bits per heavy atom. The van der Waals surface area contributed by atoms with E-state index in [-0.39, 0.29) is 10.7 Å². The predicted molar refractivity (Wildman–Crippen MR) is 39.6 cm³/mol. The fourth-order valence-electron chi connectivity index (χ4n) is 0.669. The van der Waals surface area contributed by atoms with Crippen LogP contribution in [0.3, 0.4) is 0 Å². The van der Waals surface area contributed by atoms with Crippen molar-refractivity contribution in [3.8, 4) is 0 Å². The molecule has 0 saturated heterocycles. The molecule has 1 aromatic rings. The van der Waals surface area contributed by atoms with Crippen LogP contribution in [0, 0.1) is 0 Å². The topological polar surface area (TPSA) is 44.1 Å². The van der Waals surface area contributed by atoms with Crippen molar-refractivity contribution in [2.75, 3.05) is 7.11 Å². The third-order valence-electron chi connectivity index (χ3n) is 1.27. The standard InChI is InChI=1S/C6H7ClN2O2/c1-9-5(7)4(3-8-9)6(10)11-2/h3H,1-2H3. The molecule has 0 aromatic carbocycles. The van der Waals surface area contributed by atoms with E-state index in [1.54, 1.807) is 7.05 Å². The fraction of sp³-hybridized carbons (Fsp3) is 0.333. The van der Waals surface area contributed by atoms with E-state index in [1.807, 2.05) is 0 Å². The number of ether oxygens (including phenoxy) is 1. The lowest BCUT2D eigenvalue weighted by Gasteiger charge is -1.94. The van der Waals surface area contributed by atoms with Gasteiger partial charge in [0, 0.05) is 7.05 Å². The molecule has 0 atom stereocenters. The largest absolute Gasteiger partial charge is 0.465 e. The molecule has 11 heavy (non-hydrogen) atoms. The summed E-state index contributed by atoms with van der Waals surface area (Å²) in [6.45, 7) is 0. The Balaban J connectivity index is 3.04. The lowest BCUT2D eigenvalue weighted by molar-refractivity contribution is 0.0601. The van der Waals surface area contributed by atoms with Gasteiger partial charge in [0.1, 0.15) is 10.7 Å². The zero-order chi connectivity index (χ0) is 8.43. The van der Waals surface area contributed by atoms with E-state index in [2.05, 4.69) is 9.84 Å². The van der Waals surface area contributed by atoms with Gasteiger partial charge in [-0.1, -0.05) is 11.6 Å². The van der Waals surface area contributed by atoms with Crippen LogP contribution < -0.4 is 0 Å². The molecule has 0 aliphatic heterocycles. The zero-order valence-electron chi connectivity index (χ0n) is 6.17. The molecule has 0 saturated carbocycles. The lowest BCUT2D eigenvalue weighted by atomic mass is 10.4. The molecule has 0 aliphatic carbocycles. The summed E-state index contributed by atoms with van der Waals surface area (Å²) in [6.07, 6.45) is 1.37. The molecule has 1 rings (SSSR count). The van der Waals surface area contributed by atoms with Gasteiger partial charge in [0.2, 0.25) is 0 Å². The average molecular weight is 175 g/mol. The maximum absolute atomic E-state index is 10.9. The Bertz CT molecular complexity index is 282. The quantitative estimate of drug-likeness (QED) is 0.594. The molecule has 4 nitrogen and oxygen atoms in total. The van der Waals surface area contributed by atoms with Gasteiger partial charge in [-0.25, -0.2) is 4.79 Å². The van der Waals surface area contributed by atoms with Crippen molar-refractivity contribution >= 4 is 17.6 Å². The molecule has 0 unspecified atom stereocenters. The van der Waals surface area contributed by atoms with Crippen LogP contribution in [0.5, 0.6) is 0 Å². The van der Waals surface area contributed by atoms with Gasteiger partial charge in [-0.3, -0.25) is 4.68 Å². The van der Waals surface area contributed by atoms with Gasteiger partial charge in [-0.2, -0.15) is 5.10 Å². The van der Waals surface area contributed by atoms with E-state index < -0.39 is 5.97 Å². The summed E-state index contributed by atoms with van der Waals surface area (Å²) in [4.78, 5) is 10.9. The van der Waals surface area contributed by atoms with Crippen molar-refractivity contribution in [2.24, 2.45) is 7.05 Å². The molecule has 0 spiro atoms. The number of carbonyl (C=O) groups is 1. The number of rotatable bonds is 1. The van der Waals surface area contributed by atoms with Crippen LogP contribution in [0.15, 0.2) is 6.20 Å². The maximum atomic E-state index is 10.9. The molecule has 1 aromatic heterocycles. The molecule has 0 fully saturated rings. The first-order chi connectivity index (χ1) is 5.16. The normalized spacial score (nSPS) is 9.73. The van der Waals surface area contributed by atoms with E-state index >= 15 is 0 Å². The van der Waals surface area contributed by atoms with Crippen molar-refractivity contribution in [1.29, 1.82) is 0 Å². The number of esters is 1. The molecular weight excluding hydrogens is 168 g/mol. The minimum atomic E-state index is -0.469. The highest BCUT2D eigenvalue weighted by atomic mass is 35.5. The van der Waals surface area contributed by atoms with Gasteiger partial charge >= 0.3 is 5.97 Å². The minimum absolute atomic E-state index is 0.289. The van der Waals surface area contributed by atoms with Crippen LogP contribution in [0.4, 0.5) is 0 Å². The number of nitrogens with zero attached hydrogens (tertiary/aromatic N) is 2. The first-order valence-corrected chi connectivity index (χ1v) is 3.30. The Morgan fingerprint density at radius 1 is 1.82 bits per heavy atom. The number of aryl methyl sites for hydroxylation is 1. The number of aromatic nitrogens is 2. The number of methoxy groups -OCH3 is 1. The molecule has 0 radical (unpaired) electrons. The summed E-state index contributed by atoms with van der Waals surface area (Å²) >= 11 is 5.68. The predicted octanol–water partition coefficient (Wildman–Crippen LogP) is 0.860. The number of hydrogen-bond acceptors (Lipinski definition) is 3. The van der Waals surface area contributed by atoms with Gasteiger partial charge in [-0.05, 0) is 0 Å². The van der Waals surface area contributed by atoms with Crippen LogP contribution in [-0.2, 0) is 11.8 Å². The molecule has 0 bridgehead atoms. The second kappa shape index (κ2) is 2.92. The Kier molecular flexibility index (Phi) is 2.14. The summed E-state index contributed by atoms with van der Waals surface area (Å²) in [5.41, 5.74) is 0.289. The summed E-state index contributed by atoms with van der Waals surface area (Å²) in [6, 6.07) is 0. The second-order valence-corrected chi connectivity index (χ2v) is 2.32. The average Bonchev–Trinajstić information content (AvgIpc) is 2.32. The van der Waals surface area contributed by atoms with Crippen molar-refractivity contribution in [1.82, 2.24) is 9.78 Å². The molecule has 0 amide bonds. The summed E-state index contributed by atoms with van der Waals surface area (Å²) in [5.74, 6) is -0.469. The van der Waals surface area contributed by atoms with Crippen LogP contribution in [-0.4, -0.2) is 22.9 Å². The highest BCUT2D eigenvalue weighted by Gasteiger charge is 2.13. The van der Waals surface area contributed by atoms with Gasteiger partial charge in [0.25, 0.3) is 0 Å². The van der Waals surface area contributed by atoms with Gasteiger partial charge in [0.15, 0.2) is 0 Å². The monoisotopic (exact) mass is 174 g/mol. The van der Waals surface area contributed by atoms with Crippen LogP contribution >= 0.6 is 11.6 Å². The molecule has 1 heterocycles. The number of carbonyl (C=O) groups excluding carboxylic acids is 1. The van der Waals surface area contributed by atoms with Crippen LogP contribution in [0.2, 0.25) is 5.15 Å². The zero-order valence-corrected chi connectivity index (χ0v) is 6.92. The summed E-state index contributed by atoms with van der Waals surface area (Å²) in [5, 5.41) is 4.06.